The predicted octanol–water partition coefficient (Wildman–Crippen LogP) is 1.88. The minimum atomic E-state index is 0.113. The second-order valence-electron chi connectivity index (χ2n) is 6.30. The molecule has 114 valence electrons. The molecule has 2 fully saturated rings. The third-order valence-electron chi connectivity index (χ3n) is 4.66. The molecule has 1 aliphatic heterocycles. The molecule has 0 aromatic carbocycles. The average Bonchev–Trinajstić information content (AvgIpc) is 3.25. The van der Waals surface area contributed by atoms with Crippen LogP contribution >= 0.6 is 0 Å². The molecule has 21 heavy (non-hydrogen) atoms. The van der Waals surface area contributed by atoms with Gasteiger partial charge in [-0.2, -0.15) is 0 Å². The molecule has 0 spiro atoms. The van der Waals surface area contributed by atoms with E-state index < -0.39 is 0 Å². The number of aromatic nitrogens is 1. The van der Waals surface area contributed by atoms with Crippen LogP contribution in [0.1, 0.15) is 26.2 Å². The van der Waals surface area contributed by atoms with Crippen LogP contribution in [0.4, 0.5) is 11.5 Å². The van der Waals surface area contributed by atoms with E-state index in [1.54, 1.807) is 6.20 Å². The predicted molar refractivity (Wildman–Crippen MR) is 82.2 cm³/mol. The van der Waals surface area contributed by atoms with Gasteiger partial charge in [0.05, 0.1) is 5.69 Å². The molecule has 1 aromatic heterocycles. The van der Waals surface area contributed by atoms with Crippen LogP contribution in [0.3, 0.4) is 0 Å². The Balaban J connectivity index is 1.69. The summed E-state index contributed by atoms with van der Waals surface area (Å²) in [5.74, 6) is 2.04. The van der Waals surface area contributed by atoms with Gasteiger partial charge < -0.3 is 15.3 Å². The number of carbonyl (C=O) groups is 1. The summed E-state index contributed by atoms with van der Waals surface area (Å²) in [6, 6.07) is 3.78. The summed E-state index contributed by atoms with van der Waals surface area (Å²) in [6.07, 6.45) is 4.70. The van der Waals surface area contributed by atoms with Crippen LogP contribution in [-0.2, 0) is 4.79 Å². The van der Waals surface area contributed by atoms with Gasteiger partial charge in [0.1, 0.15) is 0 Å². The van der Waals surface area contributed by atoms with Gasteiger partial charge in [-0.3, -0.25) is 4.79 Å². The minimum Gasteiger partial charge on any atom is -0.396 e. The largest absolute Gasteiger partial charge is 0.396 e. The highest BCUT2D eigenvalue weighted by atomic mass is 16.3. The first-order chi connectivity index (χ1) is 10.2. The van der Waals surface area contributed by atoms with Crippen molar-refractivity contribution < 1.29 is 9.90 Å². The van der Waals surface area contributed by atoms with Crippen molar-refractivity contribution >= 4 is 17.4 Å². The van der Waals surface area contributed by atoms with E-state index in [1.165, 1.54) is 0 Å². The summed E-state index contributed by atoms with van der Waals surface area (Å²) in [4.78, 5) is 18.8. The van der Waals surface area contributed by atoms with E-state index in [2.05, 4.69) is 22.1 Å². The second-order valence-corrected chi connectivity index (χ2v) is 6.30. The summed E-state index contributed by atoms with van der Waals surface area (Å²) < 4.78 is 0. The van der Waals surface area contributed by atoms with E-state index in [0.29, 0.717) is 11.8 Å². The SMILES string of the molecule is CC1CC1C(=O)Nc1cccnc1N1CCC(CO)CC1. The molecule has 2 N–H and O–H groups in total. The number of piperidine rings is 1. The Morgan fingerprint density at radius 3 is 2.81 bits per heavy atom. The van der Waals surface area contributed by atoms with E-state index in [1.807, 2.05) is 12.1 Å². The van der Waals surface area contributed by atoms with Gasteiger partial charge in [0, 0.05) is 31.8 Å². The molecule has 0 bridgehead atoms. The maximum Gasteiger partial charge on any atom is 0.227 e. The van der Waals surface area contributed by atoms with E-state index in [4.69, 9.17) is 0 Å². The van der Waals surface area contributed by atoms with Gasteiger partial charge >= 0.3 is 0 Å². The van der Waals surface area contributed by atoms with Crippen molar-refractivity contribution in [3.05, 3.63) is 18.3 Å². The lowest BCUT2D eigenvalue weighted by Gasteiger charge is -2.33. The van der Waals surface area contributed by atoms with E-state index in [-0.39, 0.29) is 18.4 Å². The van der Waals surface area contributed by atoms with Gasteiger partial charge in [0.15, 0.2) is 5.82 Å². The summed E-state index contributed by atoms with van der Waals surface area (Å²) in [7, 11) is 0. The Hall–Kier alpha value is -1.62. The van der Waals surface area contributed by atoms with E-state index in [9.17, 15) is 9.90 Å². The standard InChI is InChI=1S/C16H23N3O2/c1-11-9-13(11)16(21)18-14-3-2-6-17-15(14)19-7-4-12(10-20)5-8-19/h2-3,6,11-13,20H,4-5,7-10H2,1H3,(H,18,21). The molecule has 5 nitrogen and oxygen atoms in total. The van der Waals surface area contributed by atoms with Crippen molar-refractivity contribution in [1.29, 1.82) is 0 Å². The highest BCUT2D eigenvalue weighted by Gasteiger charge is 2.39. The molecule has 1 saturated carbocycles. The Kier molecular flexibility index (Phi) is 4.10. The smallest absolute Gasteiger partial charge is 0.227 e. The van der Waals surface area contributed by atoms with Crippen LogP contribution in [0, 0.1) is 17.8 Å². The van der Waals surface area contributed by atoms with Gasteiger partial charge in [0.25, 0.3) is 0 Å². The maximum atomic E-state index is 12.1. The van der Waals surface area contributed by atoms with Crippen LogP contribution in [-0.4, -0.2) is 35.7 Å². The monoisotopic (exact) mass is 289 g/mol. The lowest BCUT2D eigenvalue weighted by atomic mass is 9.98. The van der Waals surface area contributed by atoms with Crippen LogP contribution in [0.2, 0.25) is 0 Å². The fourth-order valence-electron chi connectivity index (χ4n) is 2.99. The fourth-order valence-corrected chi connectivity index (χ4v) is 2.99. The lowest BCUT2D eigenvalue weighted by Crippen LogP contribution is -2.36. The van der Waals surface area contributed by atoms with Crippen LogP contribution in [0.15, 0.2) is 18.3 Å². The van der Waals surface area contributed by atoms with Crippen LogP contribution in [0.25, 0.3) is 0 Å². The van der Waals surface area contributed by atoms with Crippen molar-refractivity contribution in [3.63, 3.8) is 0 Å². The second kappa shape index (κ2) is 6.02. The van der Waals surface area contributed by atoms with Crippen LogP contribution in [0.5, 0.6) is 0 Å². The van der Waals surface area contributed by atoms with E-state index in [0.717, 1.165) is 43.9 Å². The Morgan fingerprint density at radius 2 is 2.19 bits per heavy atom. The quantitative estimate of drug-likeness (QED) is 0.888. The molecule has 1 amide bonds. The normalized spacial score (nSPS) is 25.7. The molecule has 1 saturated heterocycles. The minimum absolute atomic E-state index is 0.113. The molecule has 3 rings (SSSR count). The molecule has 2 heterocycles. The van der Waals surface area contributed by atoms with Gasteiger partial charge in [-0.25, -0.2) is 4.98 Å². The number of pyridine rings is 1. The van der Waals surface area contributed by atoms with Crippen molar-refractivity contribution in [3.8, 4) is 0 Å². The van der Waals surface area contributed by atoms with Gasteiger partial charge in [-0.15, -0.1) is 0 Å². The Labute approximate surface area is 125 Å². The van der Waals surface area contributed by atoms with Gasteiger partial charge in [-0.1, -0.05) is 6.92 Å². The van der Waals surface area contributed by atoms with Crippen molar-refractivity contribution in [2.24, 2.45) is 17.8 Å². The number of aliphatic hydroxyl groups is 1. The highest BCUT2D eigenvalue weighted by molar-refractivity contribution is 5.96. The number of anilines is 2. The highest BCUT2D eigenvalue weighted by Crippen LogP contribution is 2.39. The molecule has 2 atom stereocenters. The first-order valence-electron chi connectivity index (χ1n) is 7.80. The number of rotatable bonds is 4. The summed E-state index contributed by atoms with van der Waals surface area (Å²) in [5, 5.41) is 12.3. The molecule has 1 aromatic rings. The zero-order valence-electron chi connectivity index (χ0n) is 12.5. The Bertz CT molecular complexity index is 512. The number of aliphatic hydroxyl groups excluding tert-OH is 1. The summed E-state index contributed by atoms with van der Waals surface area (Å²) >= 11 is 0. The molecular weight excluding hydrogens is 266 g/mol. The van der Waals surface area contributed by atoms with Crippen LogP contribution < -0.4 is 10.2 Å². The zero-order chi connectivity index (χ0) is 14.8. The van der Waals surface area contributed by atoms with Crippen molar-refractivity contribution in [1.82, 2.24) is 4.98 Å². The molecule has 0 radical (unpaired) electrons. The number of amides is 1. The average molecular weight is 289 g/mol. The number of nitrogens with zero attached hydrogens (tertiary/aromatic N) is 2. The Morgan fingerprint density at radius 1 is 1.48 bits per heavy atom. The summed E-state index contributed by atoms with van der Waals surface area (Å²) in [5.41, 5.74) is 0.809. The third-order valence-corrected chi connectivity index (χ3v) is 4.66. The molecule has 5 heteroatoms. The fraction of sp³-hybridized carbons (Fsp3) is 0.625. The van der Waals surface area contributed by atoms with Crippen molar-refractivity contribution in [2.45, 2.75) is 26.2 Å². The first kappa shape index (κ1) is 14.3. The van der Waals surface area contributed by atoms with Gasteiger partial charge in [0.2, 0.25) is 5.91 Å². The zero-order valence-corrected chi connectivity index (χ0v) is 12.5. The molecular formula is C16H23N3O2. The first-order valence-corrected chi connectivity index (χ1v) is 7.80. The van der Waals surface area contributed by atoms with E-state index >= 15 is 0 Å². The lowest BCUT2D eigenvalue weighted by molar-refractivity contribution is -0.117. The number of hydrogen-bond acceptors (Lipinski definition) is 4. The molecule has 2 unspecified atom stereocenters. The van der Waals surface area contributed by atoms with Gasteiger partial charge in [-0.05, 0) is 43.2 Å². The third kappa shape index (κ3) is 3.18. The summed E-state index contributed by atoms with van der Waals surface area (Å²) in [6.45, 7) is 4.13. The maximum absolute atomic E-state index is 12.1. The van der Waals surface area contributed by atoms with Crippen molar-refractivity contribution in [2.75, 3.05) is 29.9 Å². The number of hydrogen-bond donors (Lipinski definition) is 2. The number of carbonyl (C=O) groups excluding carboxylic acids is 1. The number of nitrogens with one attached hydrogen (secondary N) is 1. The molecule has 1 aliphatic carbocycles. The topological polar surface area (TPSA) is 65.5 Å². The molecule has 2 aliphatic rings.